The third-order valence-electron chi connectivity index (χ3n) is 6.05. The number of hydrogen-bond donors (Lipinski definition) is 0. The highest BCUT2D eigenvalue weighted by Gasteiger charge is 2.39. The predicted octanol–water partition coefficient (Wildman–Crippen LogP) is 3.64. The van der Waals surface area contributed by atoms with E-state index in [1.54, 1.807) is 19.5 Å². The average molecular weight is 452 g/mol. The monoisotopic (exact) mass is 451 g/mol. The van der Waals surface area contributed by atoms with Gasteiger partial charge in [-0.05, 0) is 62.6 Å². The maximum atomic E-state index is 13.5. The third kappa shape index (κ3) is 4.10. The van der Waals surface area contributed by atoms with Crippen molar-refractivity contribution < 1.29 is 18.7 Å². The molecule has 1 fully saturated rings. The molecule has 2 aliphatic heterocycles. The van der Waals surface area contributed by atoms with E-state index in [0.29, 0.717) is 29.8 Å². The molecule has 2 atom stereocenters. The van der Waals surface area contributed by atoms with Crippen LogP contribution in [-0.2, 0) is 4.84 Å². The summed E-state index contributed by atoms with van der Waals surface area (Å²) < 4.78 is 27.3. The molecule has 0 unspecified atom stereocenters. The number of methoxy groups -OCH3 is 1. The summed E-state index contributed by atoms with van der Waals surface area (Å²) in [7, 11) is 1.59. The van der Waals surface area contributed by atoms with Crippen molar-refractivity contribution >= 4 is 5.84 Å². The topological polar surface area (TPSA) is 74.0 Å². The lowest BCUT2D eigenvalue weighted by atomic mass is 9.97. The van der Waals surface area contributed by atoms with Crippen LogP contribution in [0.3, 0.4) is 0 Å². The van der Waals surface area contributed by atoms with Crippen LogP contribution in [0, 0.1) is 19.7 Å². The summed E-state index contributed by atoms with van der Waals surface area (Å²) in [4.78, 5) is 16.8. The number of aromatic nitrogens is 3. The molecule has 0 radical (unpaired) electrons. The molecule has 4 heterocycles. The zero-order valence-electron chi connectivity index (χ0n) is 18.9. The number of benzene rings is 1. The van der Waals surface area contributed by atoms with Crippen LogP contribution in [0.2, 0.25) is 0 Å². The largest absolute Gasteiger partial charge is 0.488 e. The highest BCUT2D eigenvalue weighted by Crippen LogP contribution is 2.30. The highest BCUT2D eigenvalue weighted by atomic mass is 19.1. The van der Waals surface area contributed by atoms with Gasteiger partial charge in [0.25, 0.3) is 0 Å². The van der Waals surface area contributed by atoms with E-state index in [1.807, 2.05) is 36.7 Å². The first-order valence-corrected chi connectivity index (χ1v) is 11.0. The van der Waals surface area contributed by atoms with Crippen molar-refractivity contribution in [2.45, 2.75) is 38.8 Å². The molecule has 0 amide bonds. The number of oxime groups is 1. The van der Waals surface area contributed by atoms with Crippen molar-refractivity contribution in [2.24, 2.45) is 5.16 Å². The van der Waals surface area contributed by atoms with E-state index >= 15 is 0 Å². The zero-order valence-corrected chi connectivity index (χ0v) is 18.9. The minimum Gasteiger partial charge on any atom is -0.488 e. The molecule has 3 aromatic rings. The molecule has 33 heavy (non-hydrogen) atoms. The molecular formula is C24H26FN5O3. The molecule has 1 saturated heterocycles. The van der Waals surface area contributed by atoms with Crippen molar-refractivity contribution in [3.05, 3.63) is 65.6 Å². The second-order valence-electron chi connectivity index (χ2n) is 8.33. The molecule has 2 aromatic heterocycles. The smallest absolute Gasteiger partial charge is 0.238 e. The van der Waals surface area contributed by atoms with E-state index in [2.05, 4.69) is 15.0 Å². The second kappa shape index (κ2) is 8.73. The van der Waals surface area contributed by atoms with Gasteiger partial charge in [0.2, 0.25) is 5.88 Å². The molecule has 1 aromatic carbocycles. The molecule has 0 N–H and O–H groups in total. The minimum absolute atomic E-state index is 0.0283. The van der Waals surface area contributed by atoms with Gasteiger partial charge in [-0.25, -0.2) is 14.4 Å². The lowest BCUT2D eigenvalue weighted by Gasteiger charge is -2.43. The summed E-state index contributed by atoms with van der Waals surface area (Å²) in [5, 5.41) is 4.34. The van der Waals surface area contributed by atoms with Crippen molar-refractivity contribution in [1.29, 1.82) is 0 Å². The molecular weight excluding hydrogens is 425 g/mol. The third-order valence-corrected chi connectivity index (χ3v) is 6.05. The lowest BCUT2D eigenvalue weighted by molar-refractivity contribution is -0.0162. The van der Waals surface area contributed by atoms with Gasteiger partial charge in [0, 0.05) is 12.7 Å². The fourth-order valence-corrected chi connectivity index (χ4v) is 4.41. The number of aryl methyl sites for hydroxylation is 2. The Morgan fingerprint density at radius 1 is 1.18 bits per heavy atom. The average Bonchev–Trinajstić information content (AvgIpc) is 3.26. The van der Waals surface area contributed by atoms with Crippen LogP contribution in [0.15, 0.2) is 48.0 Å². The van der Waals surface area contributed by atoms with Crippen molar-refractivity contribution in [2.75, 3.05) is 20.3 Å². The highest BCUT2D eigenvalue weighted by molar-refractivity contribution is 5.97. The van der Waals surface area contributed by atoms with Crippen molar-refractivity contribution in [1.82, 2.24) is 19.4 Å². The van der Waals surface area contributed by atoms with Gasteiger partial charge in [0.1, 0.15) is 41.7 Å². The number of ether oxygens (including phenoxy) is 2. The van der Waals surface area contributed by atoms with E-state index in [4.69, 9.17) is 19.3 Å². The molecule has 0 saturated carbocycles. The molecule has 9 heteroatoms. The fourth-order valence-electron chi connectivity index (χ4n) is 4.41. The van der Waals surface area contributed by atoms with Gasteiger partial charge in [0.15, 0.2) is 5.84 Å². The second-order valence-corrected chi connectivity index (χ2v) is 8.33. The number of nitrogens with zero attached hydrogens (tertiary/aromatic N) is 5. The van der Waals surface area contributed by atoms with Crippen LogP contribution in [0.5, 0.6) is 11.6 Å². The minimum atomic E-state index is -0.269. The quantitative estimate of drug-likeness (QED) is 0.590. The van der Waals surface area contributed by atoms with Gasteiger partial charge < -0.3 is 23.8 Å². The molecule has 172 valence electrons. The first-order valence-electron chi connectivity index (χ1n) is 11.0. The number of halogens is 1. The number of rotatable bonds is 5. The molecule has 5 rings (SSSR count). The Morgan fingerprint density at radius 3 is 2.82 bits per heavy atom. The fraction of sp³-hybridized carbons (Fsp3) is 0.375. The first-order chi connectivity index (χ1) is 16.0. The number of fused-ring (bicyclic) bond motifs is 1. The Labute approximate surface area is 191 Å². The Kier molecular flexibility index (Phi) is 5.62. The van der Waals surface area contributed by atoms with Gasteiger partial charge in [0.05, 0.1) is 19.1 Å². The van der Waals surface area contributed by atoms with Crippen LogP contribution < -0.4 is 9.47 Å². The van der Waals surface area contributed by atoms with Gasteiger partial charge in [-0.1, -0.05) is 5.16 Å². The van der Waals surface area contributed by atoms with Crippen LogP contribution >= 0.6 is 0 Å². The Morgan fingerprint density at radius 2 is 2.06 bits per heavy atom. The normalized spacial score (nSPS) is 20.0. The van der Waals surface area contributed by atoms with Crippen LogP contribution in [0.25, 0.3) is 5.69 Å². The number of imidazole rings is 1. The van der Waals surface area contributed by atoms with Crippen LogP contribution in [0.1, 0.15) is 29.8 Å². The van der Waals surface area contributed by atoms with E-state index in [-0.39, 0.29) is 18.0 Å². The van der Waals surface area contributed by atoms with E-state index < -0.39 is 0 Å². The summed E-state index contributed by atoms with van der Waals surface area (Å²) in [6, 6.07) is 8.41. The Hall–Kier alpha value is -3.62. The predicted molar refractivity (Wildman–Crippen MR) is 120 cm³/mol. The van der Waals surface area contributed by atoms with E-state index in [9.17, 15) is 4.39 Å². The number of piperidine rings is 1. The van der Waals surface area contributed by atoms with Gasteiger partial charge in [-0.3, -0.25) is 0 Å². The number of pyridine rings is 1. The number of hydrogen-bond acceptors (Lipinski definition) is 7. The maximum Gasteiger partial charge on any atom is 0.238 e. The van der Waals surface area contributed by atoms with Gasteiger partial charge in [-0.15, -0.1) is 0 Å². The molecule has 0 bridgehead atoms. The summed E-state index contributed by atoms with van der Waals surface area (Å²) in [5.74, 6) is 1.55. The maximum absolute atomic E-state index is 13.5. The summed E-state index contributed by atoms with van der Waals surface area (Å²) >= 11 is 0. The molecule has 0 aliphatic carbocycles. The van der Waals surface area contributed by atoms with E-state index in [0.717, 1.165) is 36.3 Å². The molecule has 2 aliphatic rings. The van der Waals surface area contributed by atoms with Crippen molar-refractivity contribution in [3.8, 4) is 17.3 Å². The van der Waals surface area contributed by atoms with Gasteiger partial charge >= 0.3 is 0 Å². The summed E-state index contributed by atoms with van der Waals surface area (Å²) in [5.41, 5.74) is 3.14. The molecule has 8 nitrogen and oxygen atoms in total. The Bertz CT molecular complexity index is 1190. The zero-order chi connectivity index (χ0) is 22.9. The SMILES string of the molecule is COc1nc(C2=NOC[C@@H]3[C@H](Oc4ccc(F)cc4C)CCCN23)ccc1-n1cnc(C)c1. The molecule has 0 spiro atoms. The Balaban J connectivity index is 1.41. The van der Waals surface area contributed by atoms with E-state index in [1.165, 1.54) is 12.1 Å². The summed E-state index contributed by atoms with van der Waals surface area (Å²) in [6.07, 6.45) is 5.35. The van der Waals surface area contributed by atoms with Crippen LogP contribution in [-0.4, -0.2) is 57.7 Å². The summed E-state index contributed by atoms with van der Waals surface area (Å²) in [6.45, 7) is 5.02. The first kappa shape index (κ1) is 21.2. The van der Waals surface area contributed by atoms with Crippen LogP contribution in [0.4, 0.5) is 4.39 Å². The van der Waals surface area contributed by atoms with Gasteiger partial charge in [-0.2, -0.15) is 0 Å². The van der Waals surface area contributed by atoms with Crippen molar-refractivity contribution in [3.63, 3.8) is 0 Å². The number of amidine groups is 1. The lowest BCUT2D eigenvalue weighted by Crippen LogP contribution is -2.57. The standard InChI is InChI=1S/C24H26FN5O3/c1-15-11-17(25)6-9-21(15)33-22-5-4-10-30-20(22)13-32-28-23(30)18-7-8-19(24(27-18)31-3)29-12-16(2)26-14-29/h6-9,11-12,14,20,22H,4-5,10,13H2,1-3H3/t20-,22-/m1/s1.